The van der Waals surface area contributed by atoms with Crippen molar-refractivity contribution in [3.63, 3.8) is 0 Å². The molecule has 0 radical (unpaired) electrons. The van der Waals surface area contributed by atoms with Crippen molar-refractivity contribution in [2.75, 3.05) is 0 Å². The molecule has 1 aromatic carbocycles. The smallest absolute Gasteiger partial charge is 0.160 e. The van der Waals surface area contributed by atoms with E-state index in [0.717, 1.165) is 22.3 Å². The molecule has 0 N–H and O–H groups in total. The highest BCUT2D eigenvalue weighted by Gasteiger charge is 2.18. The first kappa shape index (κ1) is 13.0. The van der Waals surface area contributed by atoms with Gasteiger partial charge in [0.25, 0.3) is 0 Å². The van der Waals surface area contributed by atoms with Gasteiger partial charge in [0.1, 0.15) is 0 Å². The summed E-state index contributed by atoms with van der Waals surface area (Å²) in [7, 11) is -0.639. The van der Waals surface area contributed by atoms with E-state index in [-0.39, 0.29) is 0 Å². The molecular weight excluding hydrogens is 319 g/mol. The Bertz CT molecular complexity index is 916. The lowest BCUT2D eigenvalue weighted by Gasteiger charge is -2.00. The summed E-state index contributed by atoms with van der Waals surface area (Å²) in [6.07, 6.45) is 1.82. The van der Waals surface area contributed by atoms with Crippen LogP contribution in [0.15, 0.2) is 42.5 Å². The number of carbonyl (C=O) groups excluding carboxylic acids is 2. The summed E-state index contributed by atoms with van der Waals surface area (Å²) >= 11 is 3.06. The van der Waals surface area contributed by atoms with Gasteiger partial charge < -0.3 is 0 Å². The van der Waals surface area contributed by atoms with Gasteiger partial charge >= 0.3 is 0 Å². The van der Waals surface area contributed by atoms with Gasteiger partial charge in [-0.05, 0) is 17.4 Å². The second-order valence-electron chi connectivity index (χ2n) is 4.63. The number of hydrogen-bond donors (Lipinski definition) is 0. The first-order chi connectivity index (χ1) is 10.3. The van der Waals surface area contributed by atoms with Gasteiger partial charge in [0, 0.05) is 10.2 Å². The monoisotopic (exact) mass is 328 g/mol. The zero-order valence-electron chi connectivity index (χ0n) is 10.8. The fraction of sp³-hybridized carbons (Fsp3) is 0. The van der Waals surface area contributed by atoms with E-state index in [1.807, 2.05) is 30.3 Å². The quantitative estimate of drug-likeness (QED) is 0.451. The molecule has 3 aromatic heterocycles. The molecule has 0 spiro atoms. The van der Waals surface area contributed by atoms with Crippen LogP contribution in [0, 0.1) is 0 Å². The maximum absolute atomic E-state index is 11.1. The van der Waals surface area contributed by atoms with Gasteiger partial charge in [-0.25, -0.2) is 0 Å². The SMILES string of the molecule is O=Cc1cc2c(s1)c1sc(C=O)cc1p2-c1ccccc1. The van der Waals surface area contributed by atoms with E-state index in [1.54, 1.807) is 0 Å². The minimum absolute atomic E-state index is 0.639. The molecule has 102 valence electrons. The molecular formula is C16H9O2PS2. The standard InChI is InChI=1S/C16H9O2PS2/c17-8-11-6-13-15(20-11)16-14(7-12(9-18)21-16)19(13)10-4-2-1-3-5-10/h1-9H. The highest BCUT2D eigenvalue weighted by atomic mass is 32.1. The lowest BCUT2D eigenvalue weighted by molar-refractivity contribution is 0.111. The Balaban J connectivity index is 2.17. The predicted octanol–water partition coefficient (Wildman–Crippen LogP) is 5.72. The van der Waals surface area contributed by atoms with Crippen LogP contribution in [0.1, 0.15) is 19.3 Å². The Morgan fingerprint density at radius 3 is 1.81 bits per heavy atom. The first-order valence-corrected chi connectivity index (χ1v) is 9.33. The van der Waals surface area contributed by atoms with Gasteiger partial charge in [-0.2, -0.15) is 0 Å². The summed E-state index contributed by atoms with van der Waals surface area (Å²) in [4.78, 5) is 23.7. The van der Waals surface area contributed by atoms with Gasteiger partial charge in [0.05, 0.1) is 19.2 Å². The summed E-state index contributed by atoms with van der Waals surface area (Å²) < 4.78 is 2.33. The molecule has 21 heavy (non-hydrogen) atoms. The molecule has 4 aromatic rings. The van der Waals surface area contributed by atoms with E-state index >= 15 is 0 Å². The Morgan fingerprint density at radius 1 is 0.810 bits per heavy atom. The van der Waals surface area contributed by atoms with E-state index in [2.05, 4.69) is 12.1 Å². The highest BCUT2D eigenvalue weighted by Crippen LogP contribution is 2.58. The number of benzene rings is 1. The van der Waals surface area contributed by atoms with Gasteiger partial charge in [-0.15, -0.1) is 22.7 Å². The molecule has 0 aliphatic heterocycles. The molecule has 2 nitrogen and oxygen atoms in total. The van der Waals surface area contributed by atoms with E-state index in [4.69, 9.17) is 0 Å². The zero-order valence-corrected chi connectivity index (χ0v) is 13.3. The number of rotatable bonds is 3. The molecule has 5 heteroatoms. The molecule has 0 aliphatic rings. The molecule has 0 saturated carbocycles. The van der Waals surface area contributed by atoms with Crippen molar-refractivity contribution in [1.82, 2.24) is 0 Å². The molecule has 3 heterocycles. The third kappa shape index (κ3) is 1.91. The summed E-state index contributed by atoms with van der Waals surface area (Å²) in [6.45, 7) is 0. The first-order valence-electron chi connectivity index (χ1n) is 6.35. The van der Waals surface area contributed by atoms with Crippen molar-refractivity contribution in [3.8, 4) is 5.30 Å². The summed E-state index contributed by atoms with van der Waals surface area (Å²) in [5.41, 5.74) is 0. The van der Waals surface area contributed by atoms with Crippen molar-refractivity contribution in [2.24, 2.45) is 0 Å². The fourth-order valence-corrected chi connectivity index (χ4v) is 8.06. The van der Waals surface area contributed by atoms with E-state index in [9.17, 15) is 9.59 Å². The highest BCUT2D eigenvalue weighted by molar-refractivity contribution is 7.69. The molecule has 0 aliphatic carbocycles. The second-order valence-corrected chi connectivity index (χ2v) is 8.95. The Morgan fingerprint density at radius 2 is 1.33 bits per heavy atom. The van der Waals surface area contributed by atoms with Crippen LogP contribution in [0.3, 0.4) is 0 Å². The molecule has 0 atom stereocenters. The summed E-state index contributed by atoms with van der Waals surface area (Å²) in [5, 5.41) is 3.77. The third-order valence-electron chi connectivity index (χ3n) is 3.40. The maximum atomic E-state index is 11.1. The number of carbonyl (C=O) groups is 2. The van der Waals surface area contributed by atoms with Crippen molar-refractivity contribution in [2.45, 2.75) is 0 Å². The van der Waals surface area contributed by atoms with Crippen LogP contribution in [0.2, 0.25) is 0 Å². The fourth-order valence-electron chi connectivity index (χ4n) is 2.56. The van der Waals surface area contributed by atoms with Crippen LogP contribution in [-0.2, 0) is 0 Å². The predicted molar refractivity (Wildman–Crippen MR) is 92.0 cm³/mol. The third-order valence-corrected chi connectivity index (χ3v) is 8.47. The van der Waals surface area contributed by atoms with Crippen molar-refractivity contribution in [1.29, 1.82) is 0 Å². The van der Waals surface area contributed by atoms with Crippen molar-refractivity contribution >= 4 is 62.4 Å². The van der Waals surface area contributed by atoms with E-state index in [1.165, 1.54) is 47.6 Å². The molecule has 0 bridgehead atoms. The average Bonchev–Trinajstić information content (AvgIpc) is 3.17. The lowest BCUT2D eigenvalue weighted by atomic mass is 10.4. The largest absolute Gasteiger partial charge is 0.297 e. The van der Waals surface area contributed by atoms with Gasteiger partial charge in [0.15, 0.2) is 12.6 Å². The maximum Gasteiger partial charge on any atom is 0.160 e. The molecule has 4 rings (SSSR count). The Hall–Kier alpha value is -1.74. The second kappa shape index (κ2) is 4.92. The minimum atomic E-state index is -0.639. The average molecular weight is 328 g/mol. The van der Waals surface area contributed by atoms with Crippen LogP contribution >= 0.6 is 30.2 Å². The van der Waals surface area contributed by atoms with Crippen molar-refractivity contribution in [3.05, 3.63) is 52.2 Å². The van der Waals surface area contributed by atoms with Gasteiger partial charge in [-0.1, -0.05) is 37.9 Å². The van der Waals surface area contributed by atoms with E-state index < -0.39 is 7.53 Å². The number of fused-ring (bicyclic) bond motifs is 3. The van der Waals surface area contributed by atoms with Crippen LogP contribution < -0.4 is 0 Å². The zero-order chi connectivity index (χ0) is 14.4. The van der Waals surface area contributed by atoms with Crippen LogP contribution in [-0.4, -0.2) is 12.6 Å². The minimum Gasteiger partial charge on any atom is -0.297 e. The normalized spacial score (nSPS) is 11.2. The Kier molecular flexibility index (Phi) is 3.03. The number of thiophene rings is 2. The lowest BCUT2D eigenvalue weighted by Crippen LogP contribution is -1.67. The van der Waals surface area contributed by atoms with Crippen LogP contribution in [0.5, 0.6) is 0 Å². The number of aldehydes is 2. The van der Waals surface area contributed by atoms with Crippen LogP contribution in [0.4, 0.5) is 0 Å². The number of hydrogen-bond acceptors (Lipinski definition) is 4. The summed E-state index contributed by atoms with van der Waals surface area (Å²) in [6, 6.07) is 14.4. The summed E-state index contributed by atoms with van der Waals surface area (Å²) in [5.74, 6) is 0. The van der Waals surface area contributed by atoms with Crippen LogP contribution in [0.25, 0.3) is 24.9 Å². The molecule has 0 fully saturated rings. The molecule has 0 amide bonds. The Labute approximate surface area is 129 Å². The van der Waals surface area contributed by atoms with Crippen molar-refractivity contribution < 1.29 is 9.59 Å². The van der Waals surface area contributed by atoms with Gasteiger partial charge in [-0.3, -0.25) is 9.59 Å². The molecule has 0 unspecified atom stereocenters. The van der Waals surface area contributed by atoms with E-state index in [0.29, 0.717) is 0 Å². The van der Waals surface area contributed by atoms with Gasteiger partial charge in [0.2, 0.25) is 0 Å². The topological polar surface area (TPSA) is 34.1 Å². The molecule has 0 saturated heterocycles.